The van der Waals surface area contributed by atoms with Crippen molar-refractivity contribution < 1.29 is 9.84 Å². The van der Waals surface area contributed by atoms with E-state index < -0.39 is 5.60 Å². The Hall–Kier alpha value is -2.61. The third kappa shape index (κ3) is 5.00. The summed E-state index contributed by atoms with van der Waals surface area (Å²) < 4.78 is 5.51. The van der Waals surface area contributed by atoms with Crippen LogP contribution < -0.4 is 5.32 Å². The average Bonchev–Trinajstić information content (AvgIpc) is 2.85. The Labute approximate surface area is 195 Å². The first-order valence-corrected chi connectivity index (χ1v) is 12.0. The number of aliphatic hydroxyl groups is 1. The molecule has 0 atom stereocenters. The molecule has 2 aromatic heterocycles. The molecule has 0 bridgehead atoms. The molecule has 5 rings (SSSR count). The van der Waals surface area contributed by atoms with E-state index in [0.29, 0.717) is 12.1 Å². The Morgan fingerprint density at radius 1 is 1.00 bits per heavy atom. The van der Waals surface area contributed by atoms with E-state index in [0.717, 1.165) is 72.6 Å². The molecule has 0 spiro atoms. The first-order chi connectivity index (χ1) is 16.0. The van der Waals surface area contributed by atoms with Gasteiger partial charge in [0.15, 0.2) is 0 Å². The lowest BCUT2D eigenvalue weighted by molar-refractivity contribution is 0.00791. The van der Waals surface area contributed by atoms with Crippen LogP contribution in [0.1, 0.15) is 45.1 Å². The molecular weight excluding hydrogens is 414 g/mol. The summed E-state index contributed by atoms with van der Waals surface area (Å²) in [5, 5.41) is 15.1. The SMILES string of the molecule is CC(C)(O)c1cncc(-c2ccc3ncnc(N[C@H]4CC[C@H](N5CCOCC5)CC4)c3c2)c1. The summed E-state index contributed by atoms with van der Waals surface area (Å²) in [5.41, 5.74) is 2.78. The molecule has 1 aromatic carbocycles. The Bertz CT molecular complexity index is 1100. The summed E-state index contributed by atoms with van der Waals surface area (Å²) in [6.45, 7) is 7.40. The van der Waals surface area contributed by atoms with Crippen molar-refractivity contribution in [1.82, 2.24) is 19.9 Å². The van der Waals surface area contributed by atoms with Crippen LogP contribution in [0.3, 0.4) is 0 Å². The van der Waals surface area contributed by atoms with Gasteiger partial charge in [-0.05, 0) is 63.3 Å². The topological polar surface area (TPSA) is 83.4 Å². The van der Waals surface area contributed by atoms with Gasteiger partial charge in [-0.3, -0.25) is 9.88 Å². The molecule has 1 saturated heterocycles. The minimum absolute atomic E-state index is 0.421. The number of rotatable bonds is 5. The minimum Gasteiger partial charge on any atom is -0.386 e. The van der Waals surface area contributed by atoms with Gasteiger partial charge >= 0.3 is 0 Å². The number of anilines is 1. The third-order valence-corrected chi connectivity index (χ3v) is 7.01. The zero-order valence-electron chi connectivity index (χ0n) is 19.5. The van der Waals surface area contributed by atoms with E-state index in [1.807, 2.05) is 18.3 Å². The highest BCUT2D eigenvalue weighted by atomic mass is 16.5. The maximum absolute atomic E-state index is 10.4. The standard InChI is InChI=1S/C26H33N5O2/c1-26(2,32)20-13-19(15-27-16-20)18-3-8-24-23(14-18)25(29-17-28-24)30-21-4-6-22(7-5-21)31-9-11-33-12-10-31/h3,8,13-17,21-22,32H,4-7,9-12H2,1-2H3,(H,28,29,30)/t21-,22-. The summed E-state index contributed by atoms with van der Waals surface area (Å²) in [6, 6.07) is 9.31. The van der Waals surface area contributed by atoms with Crippen molar-refractivity contribution in [3.63, 3.8) is 0 Å². The molecule has 1 aliphatic heterocycles. The largest absolute Gasteiger partial charge is 0.386 e. The average molecular weight is 448 g/mol. The normalized spacial score (nSPS) is 22.4. The van der Waals surface area contributed by atoms with Gasteiger partial charge in [-0.25, -0.2) is 9.97 Å². The molecular formula is C26H33N5O2. The van der Waals surface area contributed by atoms with Crippen LogP contribution in [0, 0.1) is 0 Å². The summed E-state index contributed by atoms with van der Waals surface area (Å²) >= 11 is 0. The van der Waals surface area contributed by atoms with E-state index in [2.05, 4.69) is 37.3 Å². The van der Waals surface area contributed by atoms with Gasteiger partial charge in [-0.15, -0.1) is 0 Å². The maximum atomic E-state index is 10.4. The van der Waals surface area contributed by atoms with Gasteiger partial charge in [0.2, 0.25) is 0 Å². The van der Waals surface area contributed by atoms with E-state index in [9.17, 15) is 5.11 Å². The molecule has 3 heterocycles. The lowest BCUT2D eigenvalue weighted by Crippen LogP contribution is -2.46. The summed E-state index contributed by atoms with van der Waals surface area (Å²) in [6.07, 6.45) is 9.90. The molecule has 33 heavy (non-hydrogen) atoms. The molecule has 1 saturated carbocycles. The molecule has 0 radical (unpaired) electrons. The van der Waals surface area contributed by atoms with E-state index in [-0.39, 0.29) is 0 Å². The zero-order chi connectivity index (χ0) is 22.8. The van der Waals surface area contributed by atoms with Crippen LogP contribution in [0.25, 0.3) is 22.0 Å². The highest BCUT2D eigenvalue weighted by Crippen LogP contribution is 2.31. The molecule has 2 fully saturated rings. The highest BCUT2D eigenvalue weighted by molar-refractivity contribution is 5.92. The van der Waals surface area contributed by atoms with Crippen LogP contribution >= 0.6 is 0 Å². The third-order valence-electron chi connectivity index (χ3n) is 7.01. The predicted octanol–water partition coefficient (Wildman–Crippen LogP) is 3.97. The van der Waals surface area contributed by atoms with Crippen LogP contribution in [-0.4, -0.2) is 63.3 Å². The van der Waals surface area contributed by atoms with E-state index in [4.69, 9.17) is 4.74 Å². The zero-order valence-corrected chi connectivity index (χ0v) is 19.5. The van der Waals surface area contributed by atoms with Crippen molar-refractivity contribution in [2.75, 3.05) is 31.6 Å². The Morgan fingerprint density at radius 2 is 1.79 bits per heavy atom. The second-order valence-corrected chi connectivity index (χ2v) is 9.77. The molecule has 7 heteroatoms. The Morgan fingerprint density at radius 3 is 2.55 bits per heavy atom. The number of benzene rings is 1. The number of hydrogen-bond donors (Lipinski definition) is 2. The van der Waals surface area contributed by atoms with E-state index >= 15 is 0 Å². The van der Waals surface area contributed by atoms with Crippen LogP contribution in [0.15, 0.2) is 43.0 Å². The lowest BCUT2D eigenvalue weighted by Gasteiger charge is -2.39. The van der Waals surface area contributed by atoms with Crippen LogP contribution in [-0.2, 0) is 10.3 Å². The number of aromatic nitrogens is 3. The van der Waals surface area contributed by atoms with Crippen molar-refractivity contribution in [2.45, 2.75) is 57.2 Å². The first kappa shape index (κ1) is 22.2. The van der Waals surface area contributed by atoms with E-state index in [1.165, 1.54) is 12.8 Å². The molecule has 0 amide bonds. The summed E-state index contributed by atoms with van der Waals surface area (Å²) in [4.78, 5) is 16.0. The minimum atomic E-state index is -0.935. The first-order valence-electron chi connectivity index (χ1n) is 12.0. The van der Waals surface area contributed by atoms with Crippen molar-refractivity contribution in [3.05, 3.63) is 48.5 Å². The van der Waals surface area contributed by atoms with Gasteiger partial charge in [0, 0.05) is 54.1 Å². The molecule has 2 aliphatic rings. The van der Waals surface area contributed by atoms with Crippen molar-refractivity contribution in [3.8, 4) is 11.1 Å². The van der Waals surface area contributed by atoms with Gasteiger partial charge in [-0.2, -0.15) is 0 Å². The summed E-state index contributed by atoms with van der Waals surface area (Å²) in [7, 11) is 0. The van der Waals surface area contributed by atoms with Crippen LogP contribution in [0.5, 0.6) is 0 Å². The second kappa shape index (κ2) is 9.33. The smallest absolute Gasteiger partial charge is 0.137 e. The van der Waals surface area contributed by atoms with Gasteiger partial charge in [0.1, 0.15) is 12.1 Å². The fourth-order valence-electron chi connectivity index (χ4n) is 5.00. The number of nitrogens with zero attached hydrogens (tertiary/aromatic N) is 4. The highest BCUT2D eigenvalue weighted by Gasteiger charge is 2.27. The molecule has 0 unspecified atom stereocenters. The summed E-state index contributed by atoms with van der Waals surface area (Å²) in [5.74, 6) is 0.892. The molecule has 7 nitrogen and oxygen atoms in total. The molecule has 1 aliphatic carbocycles. The van der Waals surface area contributed by atoms with Gasteiger partial charge < -0.3 is 15.2 Å². The second-order valence-electron chi connectivity index (χ2n) is 9.77. The quantitative estimate of drug-likeness (QED) is 0.612. The van der Waals surface area contributed by atoms with E-state index in [1.54, 1.807) is 26.4 Å². The van der Waals surface area contributed by atoms with Gasteiger partial charge in [0.05, 0.1) is 24.3 Å². The Balaban J connectivity index is 1.34. The monoisotopic (exact) mass is 447 g/mol. The fourth-order valence-corrected chi connectivity index (χ4v) is 5.00. The molecule has 3 aromatic rings. The van der Waals surface area contributed by atoms with Crippen molar-refractivity contribution in [2.24, 2.45) is 0 Å². The van der Waals surface area contributed by atoms with Crippen molar-refractivity contribution >= 4 is 16.7 Å². The number of ether oxygens (including phenoxy) is 1. The predicted molar refractivity (Wildman–Crippen MR) is 130 cm³/mol. The number of fused-ring (bicyclic) bond motifs is 1. The number of pyridine rings is 1. The Kier molecular flexibility index (Phi) is 6.27. The molecule has 174 valence electrons. The van der Waals surface area contributed by atoms with Crippen LogP contribution in [0.4, 0.5) is 5.82 Å². The molecule has 2 N–H and O–H groups in total. The van der Waals surface area contributed by atoms with Gasteiger partial charge in [-0.1, -0.05) is 6.07 Å². The van der Waals surface area contributed by atoms with Crippen LogP contribution in [0.2, 0.25) is 0 Å². The fraction of sp³-hybridized carbons (Fsp3) is 0.500. The van der Waals surface area contributed by atoms with Crippen molar-refractivity contribution in [1.29, 1.82) is 0 Å². The maximum Gasteiger partial charge on any atom is 0.137 e. The lowest BCUT2D eigenvalue weighted by atomic mass is 9.90. The van der Waals surface area contributed by atoms with Gasteiger partial charge in [0.25, 0.3) is 0 Å². The number of nitrogens with one attached hydrogen (secondary N) is 1. The number of hydrogen-bond acceptors (Lipinski definition) is 7. The number of morpholine rings is 1.